The first-order valence-electron chi connectivity index (χ1n) is 19.6. The number of nitrogens with zero attached hydrogens (tertiary/aromatic N) is 2. The minimum Gasteiger partial charge on any atom is -0.447 e. The lowest BCUT2D eigenvalue weighted by atomic mass is 10.0. The van der Waals surface area contributed by atoms with E-state index >= 15 is 0 Å². The van der Waals surface area contributed by atoms with E-state index in [1.165, 1.54) is 35.1 Å². The number of alkyl carbamates (subject to hydrolysis) is 1. The highest BCUT2D eigenvalue weighted by Gasteiger charge is 2.61. The van der Waals surface area contributed by atoms with Gasteiger partial charge in [-0.2, -0.15) is 0 Å². The van der Waals surface area contributed by atoms with Gasteiger partial charge in [-0.1, -0.05) is 56.0 Å². The van der Waals surface area contributed by atoms with E-state index in [2.05, 4.69) is 27.3 Å². The second kappa shape index (κ2) is 18.6. The van der Waals surface area contributed by atoms with Crippen molar-refractivity contribution in [3.05, 3.63) is 72.1 Å². The Hall–Kier alpha value is -5.23. The van der Waals surface area contributed by atoms with Crippen LogP contribution in [0.3, 0.4) is 0 Å². The number of nitrogens with one attached hydrogen (secondary N) is 4. The molecule has 0 aromatic heterocycles. The van der Waals surface area contributed by atoms with Crippen molar-refractivity contribution in [3.8, 4) is 0 Å². The molecule has 1 saturated heterocycles. The molecule has 16 nitrogen and oxygen atoms in total. The van der Waals surface area contributed by atoms with Gasteiger partial charge in [-0.25, -0.2) is 27.1 Å². The summed E-state index contributed by atoms with van der Waals surface area (Å²) in [6.07, 6.45) is 2.92. The molecule has 1 aliphatic carbocycles. The van der Waals surface area contributed by atoms with Crippen molar-refractivity contribution in [1.29, 1.82) is 0 Å². The third-order valence-electron chi connectivity index (χ3n) is 11.1. The molecule has 4 N–H and O–H groups in total. The molecule has 314 valence electrons. The summed E-state index contributed by atoms with van der Waals surface area (Å²) in [5.41, 5.74) is -0.362. The molecule has 2 fully saturated rings. The van der Waals surface area contributed by atoms with Crippen molar-refractivity contribution in [3.63, 3.8) is 0 Å². The summed E-state index contributed by atoms with van der Waals surface area (Å²) in [5, 5.41) is 8.67. The summed E-state index contributed by atoms with van der Waals surface area (Å²) >= 11 is 0. The van der Waals surface area contributed by atoms with Crippen molar-refractivity contribution in [2.24, 2.45) is 5.92 Å². The number of para-hydroxylation sites is 1. The summed E-state index contributed by atoms with van der Waals surface area (Å²) in [6, 6.07) is 8.89. The van der Waals surface area contributed by atoms with Gasteiger partial charge in [-0.3, -0.25) is 19.3 Å². The van der Waals surface area contributed by atoms with Crippen LogP contribution in [0.25, 0.3) is 0 Å². The maximum atomic E-state index is 14.5. The van der Waals surface area contributed by atoms with E-state index in [4.69, 9.17) is 14.2 Å². The normalized spacial score (nSPS) is 26.4. The zero-order valence-electron chi connectivity index (χ0n) is 32.5. The maximum absolute atomic E-state index is 14.5. The van der Waals surface area contributed by atoms with Gasteiger partial charge in [-0.05, 0) is 43.0 Å². The maximum Gasteiger partial charge on any atom is 0.410 e. The minimum absolute atomic E-state index is 0.00000114. The predicted octanol–water partition coefficient (Wildman–Crippen LogP) is 3.71. The van der Waals surface area contributed by atoms with E-state index < -0.39 is 75.4 Å². The van der Waals surface area contributed by atoms with Gasteiger partial charge in [0.1, 0.15) is 35.0 Å². The molecule has 3 heterocycles. The number of rotatable bonds is 6. The number of carbonyl (C=O) groups is 5. The molecule has 1 unspecified atom stereocenters. The Kier molecular flexibility index (Phi) is 13.6. The lowest BCUT2D eigenvalue weighted by Crippen LogP contribution is -2.56. The summed E-state index contributed by atoms with van der Waals surface area (Å²) in [4.78, 5) is 71.0. The third-order valence-corrected chi connectivity index (χ3v) is 12.5. The standard InChI is InChI=1S/C40H51FN6O10S/c1-3-27-22-40(27)37(50)45-58(53,54)34-16-9-8-15-32(34)42-17-10-6-4-5-7-13-28(43-38(51)56-19-18-55-2)20-35(48)47-24-29(21-33(47)36(49)44-40)57-39(52)46-23-26-12-11-14-31(41)30(26)25-46/h3,8-9,11-12,14-16,27-29,33,42H,1,4-7,10,13,17-25H2,2H3,(H,43,51)(H,44,49)(H,45,50)/t27-,28?,29+,33-,40-/m0/s1. The Morgan fingerprint density at radius 2 is 1.81 bits per heavy atom. The molecule has 5 atom stereocenters. The average molecular weight is 827 g/mol. The van der Waals surface area contributed by atoms with Gasteiger partial charge in [0, 0.05) is 50.6 Å². The number of hydrogen-bond acceptors (Lipinski definition) is 11. The molecular weight excluding hydrogens is 776 g/mol. The van der Waals surface area contributed by atoms with Crippen LogP contribution in [0.4, 0.5) is 19.7 Å². The summed E-state index contributed by atoms with van der Waals surface area (Å²) in [5.74, 6) is -3.34. The Morgan fingerprint density at radius 3 is 2.57 bits per heavy atom. The van der Waals surface area contributed by atoms with Crippen molar-refractivity contribution >= 4 is 45.6 Å². The van der Waals surface area contributed by atoms with E-state index in [-0.39, 0.29) is 57.0 Å². The van der Waals surface area contributed by atoms with Crippen LogP contribution in [0.2, 0.25) is 0 Å². The molecule has 0 radical (unpaired) electrons. The number of carbonyl (C=O) groups excluding carboxylic acids is 5. The molecule has 3 aliphatic heterocycles. The quantitative estimate of drug-likeness (QED) is 0.245. The van der Waals surface area contributed by atoms with E-state index in [0.29, 0.717) is 36.2 Å². The van der Waals surface area contributed by atoms with Crippen LogP contribution in [0.15, 0.2) is 60.0 Å². The van der Waals surface area contributed by atoms with E-state index in [1.54, 1.807) is 30.3 Å². The first kappa shape index (κ1) is 42.4. The van der Waals surface area contributed by atoms with Gasteiger partial charge in [0.25, 0.3) is 15.9 Å². The summed E-state index contributed by atoms with van der Waals surface area (Å²) < 4.78 is 60.0. The highest BCUT2D eigenvalue weighted by atomic mass is 32.2. The number of hydrogen-bond donors (Lipinski definition) is 4. The molecular formula is C40H51FN6O10S. The highest BCUT2D eigenvalue weighted by Crippen LogP contribution is 2.45. The zero-order chi connectivity index (χ0) is 41.5. The Balaban J connectivity index is 1.26. The fourth-order valence-corrected chi connectivity index (χ4v) is 9.06. The van der Waals surface area contributed by atoms with Gasteiger partial charge < -0.3 is 35.1 Å². The van der Waals surface area contributed by atoms with E-state index in [1.807, 2.05) is 0 Å². The first-order valence-corrected chi connectivity index (χ1v) is 21.1. The van der Waals surface area contributed by atoms with E-state index in [9.17, 15) is 36.8 Å². The van der Waals surface area contributed by atoms with Crippen molar-refractivity contribution in [2.45, 2.75) is 99.5 Å². The fourth-order valence-electron chi connectivity index (χ4n) is 7.83. The highest BCUT2D eigenvalue weighted by molar-refractivity contribution is 7.90. The van der Waals surface area contributed by atoms with Crippen LogP contribution >= 0.6 is 0 Å². The lowest BCUT2D eigenvalue weighted by Gasteiger charge is -2.28. The largest absolute Gasteiger partial charge is 0.447 e. The number of halogens is 1. The molecule has 1 spiro atoms. The van der Waals surface area contributed by atoms with Crippen LogP contribution in [0.1, 0.15) is 68.9 Å². The number of anilines is 1. The van der Waals surface area contributed by atoms with Gasteiger partial charge in [0.05, 0.1) is 25.4 Å². The SMILES string of the molecule is C=C[C@H]1C[C@]12NC(=O)[C@@H]1C[C@@H](OC(=O)N3Cc4cccc(F)c4C3)CN1C(=O)CC(NC(=O)OCCOC)CCCCCCCNc1ccccc1S(=O)(=O)NC2=O. The Morgan fingerprint density at radius 1 is 1.03 bits per heavy atom. The monoisotopic (exact) mass is 826 g/mol. The predicted molar refractivity (Wildman–Crippen MR) is 208 cm³/mol. The molecule has 58 heavy (non-hydrogen) atoms. The smallest absolute Gasteiger partial charge is 0.410 e. The molecule has 5 amide bonds. The Labute approximate surface area is 337 Å². The number of ether oxygens (including phenoxy) is 3. The number of benzene rings is 2. The summed E-state index contributed by atoms with van der Waals surface area (Å²) in [7, 11) is -2.95. The molecule has 18 heteroatoms. The second-order valence-electron chi connectivity index (χ2n) is 15.1. The van der Waals surface area contributed by atoms with Crippen LogP contribution in [-0.2, 0) is 51.7 Å². The molecule has 4 aliphatic rings. The number of sulfonamides is 1. The van der Waals surface area contributed by atoms with Crippen LogP contribution < -0.4 is 20.7 Å². The molecule has 6 rings (SSSR count). The van der Waals surface area contributed by atoms with Gasteiger partial charge in [0.15, 0.2) is 0 Å². The first-order chi connectivity index (χ1) is 27.8. The van der Waals surface area contributed by atoms with Gasteiger partial charge in [0.2, 0.25) is 11.8 Å². The number of methoxy groups -OCH3 is 1. The van der Waals surface area contributed by atoms with Crippen molar-refractivity contribution in [1.82, 2.24) is 25.2 Å². The topological polar surface area (TPSA) is 202 Å². The lowest BCUT2D eigenvalue weighted by molar-refractivity contribution is -0.140. The molecule has 2 aromatic rings. The van der Waals surface area contributed by atoms with Crippen molar-refractivity contribution < 1.29 is 51.0 Å². The molecule has 2 aromatic carbocycles. The van der Waals surface area contributed by atoms with Gasteiger partial charge in [-0.15, -0.1) is 6.58 Å². The third kappa shape index (κ3) is 9.89. The fraction of sp³-hybridized carbons (Fsp3) is 0.525. The van der Waals surface area contributed by atoms with Gasteiger partial charge >= 0.3 is 12.2 Å². The zero-order valence-corrected chi connectivity index (χ0v) is 33.3. The van der Waals surface area contributed by atoms with Crippen LogP contribution in [-0.4, -0.2) is 105 Å². The summed E-state index contributed by atoms with van der Waals surface area (Å²) in [6.45, 7) is 4.33. The second-order valence-corrected chi connectivity index (χ2v) is 16.8. The van der Waals surface area contributed by atoms with E-state index in [0.717, 1.165) is 25.7 Å². The minimum atomic E-state index is -4.42. The number of amides is 5. The molecule has 0 bridgehead atoms. The Bertz CT molecular complexity index is 2000. The van der Waals surface area contributed by atoms with Crippen LogP contribution in [0, 0.1) is 11.7 Å². The number of fused-ring (bicyclic) bond motifs is 3. The molecule has 1 saturated carbocycles. The average Bonchev–Trinajstić information content (AvgIpc) is 3.48. The van der Waals surface area contributed by atoms with Crippen LogP contribution in [0.5, 0.6) is 0 Å². The van der Waals surface area contributed by atoms with Crippen molar-refractivity contribution in [2.75, 3.05) is 38.7 Å².